The molecule has 0 saturated heterocycles. The van der Waals surface area contributed by atoms with Crippen LogP contribution in [0.2, 0.25) is 0 Å². The fourth-order valence-corrected chi connectivity index (χ4v) is 1.67. The molecule has 4 heteroatoms. The Hall–Kier alpha value is -1.26. The fourth-order valence-electron chi connectivity index (χ4n) is 1.67. The lowest BCUT2D eigenvalue weighted by atomic mass is 10.1. The van der Waals surface area contributed by atoms with Gasteiger partial charge in [-0.05, 0) is 26.0 Å². The van der Waals surface area contributed by atoms with Gasteiger partial charge in [-0.1, -0.05) is 0 Å². The highest BCUT2D eigenvalue weighted by Gasteiger charge is 2.17. The van der Waals surface area contributed by atoms with E-state index < -0.39 is 0 Å². The summed E-state index contributed by atoms with van der Waals surface area (Å²) in [7, 11) is 3.25. The summed E-state index contributed by atoms with van der Waals surface area (Å²) in [5.41, 5.74) is 6.68. The number of methoxy groups -OCH3 is 2. The number of nitrogens with two attached hydrogens (primary N) is 1. The van der Waals surface area contributed by atoms with Crippen molar-refractivity contribution in [1.82, 2.24) is 0 Å². The molecule has 0 amide bonds. The van der Waals surface area contributed by atoms with Crippen LogP contribution in [0, 0.1) is 0 Å². The molecule has 1 aromatic carbocycles. The predicted octanol–water partition coefficient (Wildman–Crippen LogP) is 2.13. The summed E-state index contributed by atoms with van der Waals surface area (Å²) in [6, 6.07) is 5.64. The van der Waals surface area contributed by atoms with Gasteiger partial charge in [-0.25, -0.2) is 0 Å². The summed E-state index contributed by atoms with van der Waals surface area (Å²) in [6.45, 7) is 4.39. The average Bonchev–Trinajstić information content (AvgIpc) is 2.35. The molecule has 1 rings (SSSR count). The third kappa shape index (κ3) is 3.61. The molecule has 0 bridgehead atoms. The molecule has 0 saturated carbocycles. The molecule has 4 nitrogen and oxygen atoms in total. The van der Waals surface area contributed by atoms with E-state index in [-0.39, 0.29) is 12.2 Å². The van der Waals surface area contributed by atoms with Crippen molar-refractivity contribution in [3.05, 3.63) is 23.8 Å². The minimum atomic E-state index is -0.157. The third-order valence-electron chi connectivity index (χ3n) is 2.44. The maximum absolute atomic E-state index is 5.76. The Labute approximate surface area is 103 Å². The van der Waals surface area contributed by atoms with Gasteiger partial charge in [-0.3, -0.25) is 0 Å². The molecule has 0 heterocycles. The maximum atomic E-state index is 5.76. The molecule has 96 valence electrons. The van der Waals surface area contributed by atoms with Crippen molar-refractivity contribution < 1.29 is 14.2 Å². The number of hydrogen-bond acceptors (Lipinski definition) is 4. The van der Waals surface area contributed by atoms with Gasteiger partial charge in [0.25, 0.3) is 0 Å². The normalized spacial score (nSPS) is 12.6. The highest BCUT2D eigenvalue weighted by molar-refractivity contribution is 5.42. The Kier molecular flexibility index (Phi) is 5.25. The van der Waals surface area contributed by atoms with E-state index in [9.17, 15) is 0 Å². The van der Waals surface area contributed by atoms with Gasteiger partial charge in [0.05, 0.1) is 26.4 Å². The van der Waals surface area contributed by atoms with Crippen LogP contribution in [0.1, 0.15) is 25.5 Å². The van der Waals surface area contributed by atoms with Crippen LogP contribution in [0.3, 0.4) is 0 Å². The van der Waals surface area contributed by atoms with Crippen LogP contribution in [0.25, 0.3) is 0 Å². The van der Waals surface area contributed by atoms with E-state index >= 15 is 0 Å². The highest BCUT2D eigenvalue weighted by Crippen LogP contribution is 2.31. The molecule has 1 unspecified atom stereocenters. The van der Waals surface area contributed by atoms with Crippen molar-refractivity contribution in [2.75, 3.05) is 20.8 Å². The van der Waals surface area contributed by atoms with Crippen LogP contribution < -0.4 is 15.2 Å². The van der Waals surface area contributed by atoms with Crippen LogP contribution >= 0.6 is 0 Å². The summed E-state index contributed by atoms with van der Waals surface area (Å²) >= 11 is 0. The summed E-state index contributed by atoms with van der Waals surface area (Å²) in [5.74, 6) is 1.49. The van der Waals surface area contributed by atoms with Crippen molar-refractivity contribution in [2.24, 2.45) is 5.73 Å². The Morgan fingerprint density at radius 2 is 1.88 bits per heavy atom. The maximum Gasteiger partial charge on any atom is 0.128 e. The van der Waals surface area contributed by atoms with E-state index in [1.54, 1.807) is 14.2 Å². The highest BCUT2D eigenvalue weighted by atomic mass is 16.5. The lowest BCUT2D eigenvalue weighted by molar-refractivity contribution is 0.0107. The van der Waals surface area contributed by atoms with Gasteiger partial charge < -0.3 is 19.9 Å². The van der Waals surface area contributed by atoms with Gasteiger partial charge in [-0.2, -0.15) is 0 Å². The van der Waals surface area contributed by atoms with Crippen LogP contribution in [-0.2, 0) is 4.74 Å². The molecule has 0 aliphatic heterocycles. The van der Waals surface area contributed by atoms with Crippen LogP contribution in [-0.4, -0.2) is 26.9 Å². The van der Waals surface area contributed by atoms with E-state index in [0.29, 0.717) is 6.54 Å². The van der Waals surface area contributed by atoms with Crippen molar-refractivity contribution in [3.8, 4) is 11.5 Å². The van der Waals surface area contributed by atoms with Crippen molar-refractivity contribution in [3.63, 3.8) is 0 Å². The van der Waals surface area contributed by atoms with Gasteiger partial charge in [-0.15, -0.1) is 0 Å². The summed E-state index contributed by atoms with van der Waals surface area (Å²) in [6.07, 6.45) is -0.0359. The number of hydrogen-bond donors (Lipinski definition) is 1. The molecule has 2 N–H and O–H groups in total. The minimum Gasteiger partial charge on any atom is -0.497 e. The largest absolute Gasteiger partial charge is 0.497 e. The zero-order valence-corrected chi connectivity index (χ0v) is 10.9. The molecule has 0 spiro atoms. The Morgan fingerprint density at radius 3 is 2.35 bits per heavy atom. The van der Waals surface area contributed by atoms with E-state index in [2.05, 4.69) is 0 Å². The third-order valence-corrected chi connectivity index (χ3v) is 2.44. The second-order valence-corrected chi connectivity index (χ2v) is 4.02. The van der Waals surface area contributed by atoms with Gasteiger partial charge in [0.2, 0.25) is 0 Å². The van der Waals surface area contributed by atoms with Crippen molar-refractivity contribution >= 4 is 0 Å². The van der Waals surface area contributed by atoms with E-state index in [4.69, 9.17) is 19.9 Å². The Bertz CT molecular complexity index is 353. The second kappa shape index (κ2) is 6.47. The lowest BCUT2D eigenvalue weighted by Crippen LogP contribution is -2.20. The summed E-state index contributed by atoms with van der Waals surface area (Å²) in [5, 5.41) is 0. The van der Waals surface area contributed by atoms with Gasteiger partial charge >= 0.3 is 0 Å². The molecule has 0 aromatic heterocycles. The van der Waals surface area contributed by atoms with Crippen molar-refractivity contribution in [2.45, 2.75) is 26.1 Å². The van der Waals surface area contributed by atoms with Crippen LogP contribution in [0.5, 0.6) is 11.5 Å². The first-order chi connectivity index (χ1) is 8.12. The average molecular weight is 239 g/mol. The van der Waals surface area contributed by atoms with Gasteiger partial charge in [0.1, 0.15) is 11.5 Å². The second-order valence-electron chi connectivity index (χ2n) is 4.02. The fraction of sp³-hybridized carbons (Fsp3) is 0.538. The first kappa shape index (κ1) is 13.8. The van der Waals surface area contributed by atoms with Crippen LogP contribution in [0.4, 0.5) is 0 Å². The monoisotopic (exact) mass is 239 g/mol. The van der Waals surface area contributed by atoms with Gasteiger partial charge in [0, 0.05) is 18.2 Å². The first-order valence-electron chi connectivity index (χ1n) is 5.69. The molecule has 0 fully saturated rings. The molecular weight excluding hydrogens is 218 g/mol. The topological polar surface area (TPSA) is 53.7 Å². The van der Waals surface area contributed by atoms with E-state index in [0.717, 1.165) is 17.1 Å². The zero-order chi connectivity index (χ0) is 12.8. The molecule has 1 atom stereocenters. The lowest BCUT2D eigenvalue weighted by Gasteiger charge is -2.21. The number of benzene rings is 1. The van der Waals surface area contributed by atoms with Crippen LogP contribution in [0.15, 0.2) is 18.2 Å². The molecular formula is C13H21NO3. The molecule has 1 aromatic rings. The summed E-state index contributed by atoms with van der Waals surface area (Å²) in [4.78, 5) is 0. The zero-order valence-electron chi connectivity index (χ0n) is 10.9. The number of ether oxygens (including phenoxy) is 3. The molecule has 0 aliphatic carbocycles. The van der Waals surface area contributed by atoms with Gasteiger partial charge in [0.15, 0.2) is 0 Å². The Morgan fingerprint density at radius 1 is 1.18 bits per heavy atom. The smallest absolute Gasteiger partial charge is 0.128 e. The van der Waals surface area contributed by atoms with E-state index in [1.165, 1.54) is 0 Å². The SMILES string of the molecule is COc1ccc(C(CN)OC(C)C)c(OC)c1. The number of rotatable bonds is 6. The Balaban J connectivity index is 3.01. The summed E-state index contributed by atoms with van der Waals surface area (Å²) < 4.78 is 16.2. The van der Waals surface area contributed by atoms with Crippen molar-refractivity contribution in [1.29, 1.82) is 0 Å². The molecule has 17 heavy (non-hydrogen) atoms. The minimum absolute atomic E-state index is 0.121. The van der Waals surface area contributed by atoms with E-state index in [1.807, 2.05) is 32.0 Å². The predicted molar refractivity (Wildman–Crippen MR) is 67.6 cm³/mol. The molecule has 0 aliphatic rings. The quantitative estimate of drug-likeness (QED) is 0.826. The molecule has 0 radical (unpaired) electrons. The first-order valence-corrected chi connectivity index (χ1v) is 5.69. The standard InChI is InChI=1S/C13H21NO3/c1-9(2)17-13(8-14)11-6-5-10(15-3)7-12(11)16-4/h5-7,9,13H,8,14H2,1-4H3.